The number of aliphatic hydroxyl groups is 2. The third kappa shape index (κ3) is 5.26. The molecule has 0 aromatic carbocycles. The van der Waals surface area contributed by atoms with Gasteiger partial charge < -0.3 is 10.2 Å². The summed E-state index contributed by atoms with van der Waals surface area (Å²) in [7, 11) is -5.69. The highest BCUT2D eigenvalue weighted by Gasteiger charge is 2.68. The number of alkyl halides is 3. The maximum Gasteiger partial charge on any atom is 0.523 e. The molecule has 5 nitrogen and oxygen atoms in total. The van der Waals surface area contributed by atoms with Crippen molar-refractivity contribution in [1.82, 2.24) is 0 Å². The lowest BCUT2D eigenvalue weighted by atomic mass is 9.60. The molecular weight excluding hydrogens is 517 g/mol. The molecule has 38 heavy (non-hydrogen) atoms. The van der Waals surface area contributed by atoms with Crippen LogP contribution in [0.4, 0.5) is 13.2 Å². The third-order valence-corrected chi connectivity index (χ3v) is 11.9. The van der Waals surface area contributed by atoms with Crippen LogP contribution < -0.4 is 0 Å². The molecule has 1 unspecified atom stereocenters. The minimum Gasteiger partial charge on any atom is -0.396 e. The zero-order chi connectivity index (χ0) is 28.3. The Balaban J connectivity index is 1.54. The quantitative estimate of drug-likeness (QED) is 0.194. The summed E-state index contributed by atoms with van der Waals surface area (Å²) in [4.78, 5) is 0. The van der Waals surface area contributed by atoms with Gasteiger partial charge in [-0.05, 0) is 94.3 Å². The number of aliphatic hydroxyl groups excluding tert-OH is 1. The Morgan fingerprint density at radius 1 is 1.13 bits per heavy atom. The van der Waals surface area contributed by atoms with Crippen LogP contribution in [0.5, 0.6) is 0 Å². The molecule has 0 radical (unpaired) electrons. The molecule has 4 aliphatic carbocycles. The fraction of sp³-hybridized carbons (Fsp3) is 0.862. The van der Waals surface area contributed by atoms with E-state index in [0.717, 1.165) is 32.1 Å². The van der Waals surface area contributed by atoms with E-state index in [1.165, 1.54) is 5.57 Å². The van der Waals surface area contributed by atoms with Crippen molar-refractivity contribution in [3.63, 3.8) is 0 Å². The summed E-state index contributed by atoms with van der Waals surface area (Å²) >= 11 is 0. The summed E-state index contributed by atoms with van der Waals surface area (Å²) in [5, 5.41) is 20.7. The van der Waals surface area contributed by atoms with Gasteiger partial charge in [0.25, 0.3) is 0 Å². The second kappa shape index (κ2) is 10.2. The Hall–Kier alpha value is -0.900. The summed E-state index contributed by atoms with van der Waals surface area (Å²) in [6, 6.07) is 0. The van der Waals surface area contributed by atoms with Crippen LogP contribution in [0.15, 0.2) is 23.8 Å². The van der Waals surface area contributed by atoms with Crippen molar-refractivity contribution in [1.29, 1.82) is 0 Å². The smallest absolute Gasteiger partial charge is 0.396 e. The number of fused-ring (bicyclic) bond motifs is 2. The van der Waals surface area contributed by atoms with E-state index in [4.69, 9.17) is 4.18 Å². The van der Waals surface area contributed by atoms with Crippen molar-refractivity contribution in [3.8, 4) is 0 Å². The minimum absolute atomic E-state index is 0.0376. The molecule has 0 heterocycles. The van der Waals surface area contributed by atoms with Crippen molar-refractivity contribution in [2.45, 2.75) is 103 Å². The summed E-state index contributed by atoms with van der Waals surface area (Å²) in [6.07, 6.45) is 12.0. The monoisotopic (exact) mass is 562 g/mol. The highest BCUT2D eigenvalue weighted by atomic mass is 32.2. The molecule has 218 valence electrons. The molecular formula is C29H45F3O5S. The van der Waals surface area contributed by atoms with Gasteiger partial charge in [-0.2, -0.15) is 21.6 Å². The van der Waals surface area contributed by atoms with E-state index in [2.05, 4.69) is 32.1 Å². The summed E-state index contributed by atoms with van der Waals surface area (Å²) in [6.45, 7) is 10.0. The number of hydrogen-bond acceptors (Lipinski definition) is 5. The minimum atomic E-state index is -5.69. The maximum absolute atomic E-state index is 13.1. The van der Waals surface area contributed by atoms with Crippen LogP contribution in [0.3, 0.4) is 0 Å². The number of rotatable bonds is 9. The molecule has 0 aromatic rings. The van der Waals surface area contributed by atoms with Crippen LogP contribution in [-0.2, 0) is 14.3 Å². The molecule has 4 saturated carbocycles. The highest BCUT2D eigenvalue weighted by molar-refractivity contribution is 7.87. The molecule has 0 aliphatic heterocycles. The van der Waals surface area contributed by atoms with Crippen molar-refractivity contribution in [2.75, 3.05) is 6.61 Å². The second-order valence-corrected chi connectivity index (χ2v) is 15.0. The van der Waals surface area contributed by atoms with E-state index in [-0.39, 0.29) is 30.3 Å². The van der Waals surface area contributed by atoms with E-state index in [1.54, 1.807) is 0 Å². The predicted octanol–water partition coefficient (Wildman–Crippen LogP) is 6.37. The maximum atomic E-state index is 13.1. The largest absolute Gasteiger partial charge is 0.523 e. The standard InChI is InChI=1S/C29H45F3O5S/c1-18(8-9-19(2)26(3,4)34)23-11-12-24-20(7-6-14-27(23,24)5)15-22(17-33)28-16-21(28)10-13-25(28)37-38(35,36)29(30,31)32/h8-9,15,18-19,21-25,33-34H,6-7,10-14,16-17H2,1-5H3/b9-8+,20-15+/t18-,19+,21-,22+,23-,24+,25?,27-,28+/m1/s1. The molecule has 0 bridgehead atoms. The van der Waals surface area contributed by atoms with Gasteiger partial charge in [0.05, 0.1) is 11.7 Å². The van der Waals surface area contributed by atoms with Gasteiger partial charge in [-0.3, -0.25) is 4.18 Å². The summed E-state index contributed by atoms with van der Waals surface area (Å²) in [5.41, 5.74) is -5.62. The Morgan fingerprint density at radius 3 is 2.39 bits per heavy atom. The van der Waals surface area contributed by atoms with Crippen LogP contribution in [0.1, 0.15) is 86.0 Å². The molecule has 2 N–H and O–H groups in total. The van der Waals surface area contributed by atoms with Crippen LogP contribution in [-0.4, -0.2) is 42.5 Å². The van der Waals surface area contributed by atoms with E-state index in [1.807, 2.05) is 20.8 Å². The molecule has 4 rings (SSSR count). The summed E-state index contributed by atoms with van der Waals surface area (Å²) in [5.74, 6) is 0.861. The van der Waals surface area contributed by atoms with Crippen LogP contribution >= 0.6 is 0 Å². The van der Waals surface area contributed by atoms with Crippen LogP contribution in [0.2, 0.25) is 0 Å². The van der Waals surface area contributed by atoms with Crippen LogP contribution in [0.25, 0.3) is 0 Å². The van der Waals surface area contributed by atoms with Gasteiger partial charge in [-0.25, -0.2) is 0 Å². The first-order valence-corrected chi connectivity index (χ1v) is 15.6. The third-order valence-electron chi connectivity index (χ3n) is 10.9. The Labute approximate surface area is 226 Å². The zero-order valence-electron chi connectivity index (χ0n) is 23.3. The van der Waals surface area contributed by atoms with E-state index in [9.17, 15) is 31.8 Å². The lowest BCUT2D eigenvalue weighted by Gasteiger charge is -2.44. The molecule has 4 fully saturated rings. The topological polar surface area (TPSA) is 83.8 Å². The summed E-state index contributed by atoms with van der Waals surface area (Å²) < 4.78 is 67.6. The van der Waals surface area contributed by atoms with Gasteiger partial charge in [0.1, 0.15) is 0 Å². The van der Waals surface area contributed by atoms with Gasteiger partial charge in [-0.1, -0.05) is 44.6 Å². The lowest BCUT2D eigenvalue weighted by Crippen LogP contribution is -2.38. The second-order valence-electron chi connectivity index (χ2n) is 13.4. The molecule has 0 amide bonds. The Bertz CT molecular complexity index is 1050. The lowest BCUT2D eigenvalue weighted by molar-refractivity contribution is -0.0612. The SMILES string of the molecule is C[C@H](/C=C/[C@H](C)C(C)(C)O)[C@H]1CC[C@H]2/C(=C/[C@@H](CO)[C@]34C[C@H]3CCC4OS(=O)(=O)C(F)(F)F)CCC[C@]12C. The first-order chi connectivity index (χ1) is 17.5. The first-order valence-electron chi connectivity index (χ1n) is 14.2. The number of hydrogen-bond donors (Lipinski definition) is 2. The normalized spacial score (nSPS) is 39.3. The van der Waals surface area contributed by atoms with Gasteiger partial charge >= 0.3 is 15.6 Å². The molecule has 9 atom stereocenters. The van der Waals surface area contributed by atoms with Gasteiger partial charge in [0.15, 0.2) is 0 Å². The van der Waals surface area contributed by atoms with E-state index < -0.39 is 38.7 Å². The van der Waals surface area contributed by atoms with Crippen molar-refractivity contribution in [3.05, 3.63) is 23.8 Å². The number of allylic oxidation sites excluding steroid dienone is 2. The van der Waals surface area contributed by atoms with Crippen molar-refractivity contribution < 1.29 is 36.0 Å². The van der Waals surface area contributed by atoms with Gasteiger partial charge in [-0.15, -0.1) is 0 Å². The van der Waals surface area contributed by atoms with Gasteiger partial charge in [0.2, 0.25) is 0 Å². The van der Waals surface area contributed by atoms with Crippen molar-refractivity contribution in [2.24, 2.45) is 46.3 Å². The number of halogens is 3. The van der Waals surface area contributed by atoms with Gasteiger partial charge in [0, 0.05) is 23.9 Å². The molecule has 0 spiro atoms. The fourth-order valence-corrected chi connectivity index (χ4v) is 8.97. The average Bonchev–Trinajstić information content (AvgIpc) is 3.28. The first kappa shape index (κ1) is 30.1. The van der Waals surface area contributed by atoms with Crippen molar-refractivity contribution >= 4 is 10.1 Å². The molecule has 4 aliphatic rings. The van der Waals surface area contributed by atoms with Crippen LogP contribution in [0, 0.1) is 46.3 Å². The van der Waals surface area contributed by atoms with E-state index >= 15 is 0 Å². The predicted molar refractivity (Wildman–Crippen MR) is 140 cm³/mol. The average molecular weight is 563 g/mol. The molecule has 9 heteroatoms. The highest BCUT2D eigenvalue weighted by Crippen LogP contribution is 2.70. The molecule has 0 aromatic heterocycles. The fourth-order valence-electron chi connectivity index (χ4n) is 8.28. The zero-order valence-corrected chi connectivity index (χ0v) is 24.1. The Morgan fingerprint density at radius 2 is 1.82 bits per heavy atom. The Kier molecular flexibility index (Phi) is 8.05. The molecule has 0 saturated heterocycles. The van der Waals surface area contributed by atoms with E-state index in [0.29, 0.717) is 30.6 Å².